The number of aliphatic hydroxyl groups is 1. The summed E-state index contributed by atoms with van der Waals surface area (Å²) in [6, 6.07) is 23.0. The third-order valence-electron chi connectivity index (χ3n) is 5.85. The van der Waals surface area contributed by atoms with Gasteiger partial charge in [-0.15, -0.1) is 0 Å². The Morgan fingerprint density at radius 2 is 1.81 bits per heavy atom. The van der Waals surface area contributed by atoms with E-state index in [1.807, 2.05) is 72.8 Å². The summed E-state index contributed by atoms with van der Waals surface area (Å²) in [5.74, 6) is 1.18. The molecule has 0 bridgehead atoms. The molecule has 1 heterocycles. The van der Waals surface area contributed by atoms with Crippen molar-refractivity contribution in [3.8, 4) is 5.69 Å². The van der Waals surface area contributed by atoms with Crippen LogP contribution < -0.4 is 10.9 Å². The van der Waals surface area contributed by atoms with E-state index in [2.05, 4.69) is 5.32 Å². The van der Waals surface area contributed by atoms with Crippen LogP contribution in [0, 0.1) is 0 Å². The summed E-state index contributed by atoms with van der Waals surface area (Å²) < 4.78 is 6.71. The number of anilines is 1. The van der Waals surface area contributed by atoms with E-state index in [9.17, 15) is 9.90 Å². The van der Waals surface area contributed by atoms with Crippen molar-refractivity contribution in [2.45, 2.75) is 31.6 Å². The van der Waals surface area contributed by atoms with Gasteiger partial charge < -0.3 is 15.2 Å². The molecule has 3 aromatic carbocycles. The highest BCUT2D eigenvalue weighted by molar-refractivity contribution is 5.91. The fraction of sp³-hybridized carbons (Fsp3) is 0.231. The van der Waals surface area contributed by atoms with Crippen LogP contribution in [0.3, 0.4) is 0 Å². The molecule has 6 nitrogen and oxygen atoms in total. The molecule has 4 aromatic rings. The largest absolute Gasteiger partial charge is 0.380 e. The lowest BCUT2D eigenvalue weighted by atomic mass is 10.1. The number of aliphatic hydroxyl groups excluding tert-OH is 1. The highest BCUT2D eigenvalue weighted by Crippen LogP contribution is 2.40. The van der Waals surface area contributed by atoms with Crippen molar-refractivity contribution in [3.63, 3.8) is 0 Å². The maximum absolute atomic E-state index is 13.7. The number of hydrogen-bond donors (Lipinski definition) is 2. The van der Waals surface area contributed by atoms with Gasteiger partial charge in [-0.25, -0.2) is 4.98 Å². The van der Waals surface area contributed by atoms with Crippen molar-refractivity contribution in [1.82, 2.24) is 9.55 Å². The number of nitrogens with one attached hydrogen (secondary N) is 1. The number of para-hydroxylation sites is 1. The van der Waals surface area contributed by atoms with Gasteiger partial charge in [0.15, 0.2) is 6.29 Å². The molecule has 1 unspecified atom stereocenters. The first-order valence-corrected chi connectivity index (χ1v) is 10.8. The van der Waals surface area contributed by atoms with Crippen LogP contribution in [0.1, 0.15) is 42.0 Å². The van der Waals surface area contributed by atoms with Gasteiger partial charge >= 0.3 is 0 Å². The molecular formula is C26H25N3O3. The van der Waals surface area contributed by atoms with Crippen molar-refractivity contribution in [2.75, 3.05) is 12.4 Å². The number of aromatic nitrogens is 2. The van der Waals surface area contributed by atoms with Gasteiger partial charge in [0.1, 0.15) is 5.82 Å². The minimum atomic E-state index is -0.932. The molecule has 2 N–H and O–H groups in total. The first-order chi connectivity index (χ1) is 15.7. The lowest BCUT2D eigenvalue weighted by Crippen LogP contribution is -2.24. The van der Waals surface area contributed by atoms with Gasteiger partial charge in [0, 0.05) is 30.8 Å². The zero-order valence-corrected chi connectivity index (χ0v) is 17.9. The summed E-state index contributed by atoms with van der Waals surface area (Å²) in [4.78, 5) is 18.6. The Morgan fingerprint density at radius 3 is 2.50 bits per heavy atom. The third-order valence-corrected chi connectivity index (χ3v) is 5.85. The van der Waals surface area contributed by atoms with Crippen LogP contribution in [0.15, 0.2) is 77.6 Å². The summed E-state index contributed by atoms with van der Waals surface area (Å²) in [5, 5.41) is 13.8. The normalized spacial score (nSPS) is 14.4. The second-order valence-electron chi connectivity index (χ2n) is 8.10. The monoisotopic (exact) mass is 427 g/mol. The molecule has 1 fully saturated rings. The molecular weight excluding hydrogens is 402 g/mol. The van der Waals surface area contributed by atoms with E-state index in [0.717, 1.165) is 35.6 Å². The molecule has 162 valence electrons. The molecule has 1 saturated carbocycles. The van der Waals surface area contributed by atoms with Crippen molar-refractivity contribution in [1.29, 1.82) is 0 Å². The number of rotatable bonds is 7. The topological polar surface area (TPSA) is 76.4 Å². The van der Waals surface area contributed by atoms with Crippen LogP contribution in [-0.2, 0) is 11.3 Å². The summed E-state index contributed by atoms with van der Waals surface area (Å²) in [5.41, 5.74) is 3.99. The van der Waals surface area contributed by atoms with E-state index in [1.165, 1.54) is 7.11 Å². The number of hydrogen-bond acceptors (Lipinski definition) is 5. The average molecular weight is 428 g/mol. The van der Waals surface area contributed by atoms with Crippen LogP contribution in [-0.4, -0.2) is 21.8 Å². The molecule has 1 aromatic heterocycles. The van der Waals surface area contributed by atoms with Gasteiger partial charge in [-0.2, -0.15) is 0 Å². The van der Waals surface area contributed by atoms with Crippen LogP contribution >= 0.6 is 0 Å². The lowest BCUT2D eigenvalue weighted by Gasteiger charge is -2.16. The molecule has 32 heavy (non-hydrogen) atoms. The summed E-state index contributed by atoms with van der Waals surface area (Å²) in [7, 11) is 1.46. The first kappa shape index (κ1) is 20.4. The Balaban J connectivity index is 1.52. The molecule has 0 saturated heterocycles. The third kappa shape index (κ3) is 3.90. The van der Waals surface area contributed by atoms with Crippen LogP contribution in [0.5, 0.6) is 0 Å². The van der Waals surface area contributed by atoms with E-state index < -0.39 is 6.29 Å². The minimum absolute atomic E-state index is 0.0511. The predicted octanol–water partition coefficient (Wildman–Crippen LogP) is 4.51. The molecule has 0 aliphatic heterocycles. The van der Waals surface area contributed by atoms with Crippen LogP contribution in [0.2, 0.25) is 0 Å². The number of methoxy groups -OCH3 is 1. The van der Waals surface area contributed by atoms with Crippen molar-refractivity contribution >= 4 is 16.6 Å². The van der Waals surface area contributed by atoms with Crippen molar-refractivity contribution in [2.24, 2.45) is 0 Å². The van der Waals surface area contributed by atoms with E-state index in [-0.39, 0.29) is 5.56 Å². The van der Waals surface area contributed by atoms with E-state index in [1.54, 1.807) is 4.57 Å². The number of ether oxygens (including phenoxy) is 1. The molecule has 0 spiro atoms. The highest BCUT2D eigenvalue weighted by atomic mass is 16.6. The van der Waals surface area contributed by atoms with Gasteiger partial charge in [0.25, 0.3) is 5.56 Å². The Kier molecular flexibility index (Phi) is 5.47. The lowest BCUT2D eigenvalue weighted by molar-refractivity contribution is -0.0769. The molecule has 1 aliphatic carbocycles. The Labute approximate surface area is 186 Å². The fourth-order valence-corrected chi connectivity index (χ4v) is 3.97. The number of nitrogens with zero attached hydrogens (tertiary/aromatic N) is 2. The van der Waals surface area contributed by atoms with E-state index in [0.29, 0.717) is 28.9 Å². The maximum atomic E-state index is 13.7. The van der Waals surface area contributed by atoms with Gasteiger partial charge in [0.05, 0.1) is 16.6 Å². The summed E-state index contributed by atoms with van der Waals surface area (Å²) in [6.45, 7) is 0.539. The first-order valence-electron chi connectivity index (χ1n) is 10.8. The minimum Gasteiger partial charge on any atom is -0.380 e. The Hall–Kier alpha value is -3.48. The molecule has 6 heteroatoms. The van der Waals surface area contributed by atoms with Gasteiger partial charge in [-0.3, -0.25) is 9.36 Å². The average Bonchev–Trinajstić information content (AvgIpc) is 3.68. The van der Waals surface area contributed by atoms with E-state index >= 15 is 0 Å². The maximum Gasteiger partial charge on any atom is 0.268 e. The SMILES string of the molecule is COC(O)c1ccc(CNc2cccc3nc(C4CC4)n(-c4ccccc4)c(=O)c23)cc1. The highest BCUT2D eigenvalue weighted by Gasteiger charge is 2.30. The molecule has 1 atom stereocenters. The van der Waals surface area contributed by atoms with Gasteiger partial charge in [0.2, 0.25) is 0 Å². The zero-order chi connectivity index (χ0) is 22.1. The zero-order valence-electron chi connectivity index (χ0n) is 17.9. The second kappa shape index (κ2) is 8.57. The number of benzene rings is 3. The quantitative estimate of drug-likeness (QED) is 0.424. The van der Waals surface area contributed by atoms with Crippen molar-refractivity contribution < 1.29 is 9.84 Å². The summed E-state index contributed by atoms with van der Waals surface area (Å²) >= 11 is 0. The molecule has 1 aliphatic rings. The van der Waals surface area contributed by atoms with Gasteiger partial charge in [-0.1, -0.05) is 48.5 Å². The Morgan fingerprint density at radius 1 is 1.06 bits per heavy atom. The molecule has 5 rings (SSSR count). The van der Waals surface area contributed by atoms with Crippen LogP contribution in [0.25, 0.3) is 16.6 Å². The predicted molar refractivity (Wildman–Crippen MR) is 125 cm³/mol. The smallest absolute Gasteiger partial charge is 0.268 e. The Bertz CT molecular complexity index is 1300. The number of fused-ring (bicyclic) bond motifs is 1. The standard InChI is InChI=1S/C26H25N3O3/c1-32-26(31)19-12-10-17(11-13-19)16-27-21-8-5-9-22-23(21)25(30)29(20-6-3-2-4-7-20)24(28-22)18-14-15-18/h2-13,18,26-27,31H,14-16H2,1H3. The summed E-state index contributed by atoms with van der Waals surface area (Å²) in [6.07, 6.45) is 1.20. The van der Waals surface area contributed by atoms with E-state index in [4.69, 9.17) is 9.72 Å². The molecule has 0 amide bonds. The van der Waals surface area contributed by atoms with Gasteiger partial charge in [-0.05, 0) is 42.7 Å². The fourth-order valence-electron chi connectivity index (χ4n) is 3.97. The molecule has 0 radical (unpaired) electrons. The second-order valence-corrected chi connectivity index (χ2v) is 8.10. The van der Waals surface area contributed by atoms with Crippen molar-refractivity contribution in [3.05, 3.63) is 100 Å². The van der Waals surface area contributed by atoms with Crippen LogP contribution in [0.4, 0.5) is 5.69 Å².